The van der Waals surface area contributed by atoms with Crippen molar-refractivity contribution in [3.8, 4) is 0 Å². The van der Waals surface area contributed by atoms with Crippen LogP contribution < -0.4 is 10.9 Å². The number of anilines is 1. The second kappa shape index (κ2) is 6.99. The van der Waals surface area contributed by atoms with Gasteiger partial charge in [0, 0.05) is 28.8 Å². The molecule has 1 amide bonds. The highest BCUT2D eigenvalue weighted by atomic mass is 32.2. The van der Waals surface area contributed by atoms with Crippen LogP contribution >= 0.6 is 34.4 Å². The first-order valence-corrected chi connectivity index (χ1v) is 9.80. The van der Waals surface area contributed by atoms with Crippen LogP contribution in [0.15, 0.2) is 21.4 Å². The zero-order valence-corrected chi connectivity index (χ0v) is 15.7. The number of carbonyl (C=O) groups excluding carboxylic acids is 1. The zero-order valence-electron chi connectivity index (χ0n) is 13.3. The van der Waals surface area contributed by atoms with Crippen LogP contribution in [0.4, 0.5) is 5.13 Å². The Morgan fingerprint density at radius 2 is 2.17 bits per heavy atom. The lowest BCUT2D eigenvalue weighted by atomic mass is 10.2. The molecule has 3 aromatic rings. The fourth-order valence-electron chi connectivity index (χ4n) is 1.84. The summed E-state index contributed by atoms with van der Waals surface area (Å²) in [6.45, 7) is 5.58. The Morgan fingerprint density at radius 1 is 1.38 bits per heavy atom. The Hall–Kier alpha value is -1.78. The van der Waals surface area contributed by atoms with Crippen molar-refractivity contribution in [1.29, 1.82) is 0 Å². The SMILES string of the molecule is Cc1cn2c(=O)cc(CSc3nnc(NC(=O)C(C)C)s3)nc2s1. The van der Waals surface area contributed by atoms with Crippen LogP contribution in [-0.4, -0.2) is 25.5 Å². The summed E-state index contributed by atoms with van der Waals surface area (Å²) in [6.07, 6.45) is 1.79. The topological polar surface area (TPSA) is 89.3 Å². The minimum absolute atomic E-state index is 0.0814. The first-order chi connectivity index (χ1) is 11.4. The molecule has 7 nitrogen and oxygen atoms in total. The number of nitrogens with one attached hydrogen (secondary N) is 1. The van der Waals surface area contributed by atoms with Crippen molar-refractivity contribution >= 4 is 50.4 Å². The van der Waals surface area contributed by atoms with E-state index < -0.39 is 0 Å². The molecule has 10 heteroatoms. The van der Waals surface area contributed by atoms with E-state index in [1.54, 1.807) is 10.6 Å². The van der Waals surface area contributed by atoms with Crippen molar-refractivity contribution in [2.45, 2.75) is 30.9 Å². The third-order valence-electron chi connectivity index (χ3n) is 3.04. The summed E-state index contributed by atoms with van der Waals surface area (Å²) in [6, 6.07) is 1.54. The van der Waals surface area contributed by atoms with E-state index in [1.807, 2.05) is 20.8 Å². The first-order valence-electron chi connectivity index (χ1n) is 7.18. The molecule has 126 valence electrons. The van der Waals surface area contributed by atoms with Crippen molar-refractivity contribution < 1.29 is 4.79 Å². The van der Waals surface area contributed by atoms with Gasteiger partial charge in [0.05, 0.1) is 5.69 Å². The molecule has 0 aliphatic carbocycles. The van der Waals surface area contributed by atoms with Crippen molar-refractivity contribution in [3.63, 3.8) is 0 Å². The number of carbonyl (C=O) groups is 1. The third kappa shape index (κ3) is 3.82. The molecule has 0 bridgehead atoms. The van der Waals surface area contributed by atoms with Gasteiger partial charge in [-0.15, -0.1) is 21.5 Å². The number of aryl methyl sites for hydroxylation is 1. The van der Waals surface area contributed by atoms with Gasteiger partial charge in [-0.05, 0) is 6.92 Å². The van der Waals surface area contributed by atoms with Gasteiger partial charge in [-0.2, -0.15) is 0 Å². The summed E-state index contributed by atoms with van der Waals surface area (Å²) in [4.78, 5) is 29.9. The lowest BCUT2D eigenvalue weighted by Crippen LogP contribution is -2.17. The van der Waals surface area contributed by atoms with Crippen LogP contribution in [0.3, 0.4) is 0 Å². The molecule has 0 radical (unpaired) electrons. The number of thioether (sulfide) groups is 1. The maximum absolute atomic E-state index is 12.1. The summed E-state index contributed by atoms with van der Waals surface area (Å²) in [5, 5.41) is 11.2. The van der Waals surface area contributed by atoms with Crippen LogP contribution in [0.25, 0.3) is 4.96 Å². The summed E-state index contributed by atoms with van der Waals surface area (Å²) in [5.74, 6) is 0.328. The summed E-state index contributed by atoms with van der Waals surface area (Å²) < 4.78 is 2.27. The number of thiazole rings is 1. The van der Waals surface area contributed by atoms with E-state index in [0.29, 0.717) is 21.5 Å². The Labute approximate surface area is 150 Å². The molecule has 0 aliphatic rings. The van der Waals surface area contributed by atoms with Gasteiger partial charge in [0.1, 0.15) is 0 Å². The standard InChI is InChI=1S/C14H15N5O2S3/c1-7(2)11(21)16-12-17-18-14(24-12)22-6-9-4-10(20)19-5-8(3)23-13(19)15-9/h4-5,7H,6H2,1-3H3,(H,16,17,21). The smallest absolute Gasteiger partial charge is 0.258 e. The predicted molar refractivity (Wildman–Crippen MR) is 97.0 cm³/mol. The summed E-state index contributed by atoms with van der Waals surface area (Å²) in [5.41, 5.74) is 0.622. The number of fused-ring (bicyclic) bond motifs is 1. The predicted octanol–water partition coefficient (Wildman–Crippen LogP) is 2.80. The highest BCUT2D eigenvalue weighted by Crippen LogP contribution is 2.28. The largest absolute Gasteiger partial charge is 0.300 e. The Kier molecular flexibility index (Phi) is 4.97. The van der Waals surface area contributed by atoms with Crippen LogP contribution in [0.2, 0.25) is 0 Å². The van der Waals surface area contributed by atoms with Crippen molar-refractivity contribution in [2.75, 3.05) is 5.32 Å². The van der Waals surface area contributed by atoms with Crippen molar-refractivity contribution in [2.24, 2.45) is 5.92 Å². The van der Waals surface area contributed by atoms with Gasteiger partial charge in [0.15, 0.2) is 9.30 Å². The minimum atomic E-state index is -0.108. The van der Waals surface area contributed by atoms with Crippen LogP contribution in [0.1, 0.15) is 24.4 Å². The van der Waals surface area contributed by atoms with Gasteiger partial charge in [-0.1, -0.05) is 36.9 Å². The molecule has 3 rings (SSSR count). The average Bonchev–Trinajstić information content (AvgIpc) is 3.11. The quantitative estimate of drug-likeness (QED) is 0.540. The van der Waals surface area contributed by atoms with Gasteiger partial charge in [0.25, 0.3) is 5.56 Å². The normalized spacial score (nSPS) is 11.3. The van der Waals surface area contributed by atoms with E-state index in [1.165, 1.54) is 40.5 Å². The molecule has 0 fully saturated rings. The van der Waals surface area contributed by atoms with E-state index in [2.05, 4.69) is 20.5 Å². The van der Waals surface area contributed by atoms with Gasteiger partial charge in [0.2, 0.25) is 11.0 Å². The van der Waals surface area contributed by atoms with E-state index in [4.69, 9.17) is 0 Å². The molecule has 0 aromatic carbocycles. The molecule has 0 saturated heterocycles. The Bertz CT molecular complexity index is 943. The van der Waals surface area contributed by atoms with E-state index in [-0.39, 0.29) is 17.4 Å². The molecule has 3 aromatic heterocycles. The lowest BCUT2D eigenvalue weighted by molar-refractivity contribution is -0.118. The van der Waals surface area contributed by atoms with Crippen molar-refractivity contribution in [1.82, 2.24) is 19.6 Å². The van der Waals surface area contributed by atoms with E-state index >= 15 is 0 Å². The molecule has 0 saturated carbocycles. The zero-order chi connectivity index (χ0) is 17.3. The summed E-state index contributed by atoms with van der Waals surface area (Å²) >= 11 is 4.24. The van der Waals surface area contributed by atoms with Gasteiger partial charge >= 0.3 is 0 Å². The molecule has 0 aliphatic heterocycles. The molecule has 3 heterocycles. The van der Waals surface area contributed by atoms with Crippen LogP contribution in [-0.2, 0) is 10.5 Å². The number of hydrogen-bond acceptors (Lipinski definition) is 8. The number of amides is 1. The highest BCUT2D eigenvalue weighted by molar-refractivity contribution is 8.00. The van der Waals surface area contributed by atoms with Crippen molar-refractivity contribution in [3.05, 3.63) is 33.2 Å². The maximum Gasteiger partial charge on any atom is 0.258 e. The number of nitrogens with zero attached hydrogens (tertiary/aromatic N) is 4. The van der Waals surface area contributed by atoms with Gasteiger partial charge in [-0.3, -0.25) is 14.0 Å². The van der Waals surface area contributed by atoms with E-state index in [9.17, 15) is 9.59 Å². The Morgan fingerprint density at radius 3 is 2.92 bits per heavy atom. The highest BCUT2D eigenvalue weighted by Gasteiger charge is 2.12. The number of aromatic nitrogens is 4. The molecule has 1 N–H and O–H groups in total. The maximum atomic E-state index is 12.1. The lowest BCUT2D eigenvalue weighted by Gasteiger charge is -2.02. The molecular formula is C14H15N5O2S3. The fraction of sp³-hybridized carbons (Fsp3) is 0.357. The summed E-state index contributed by atoms with van der Waals surface area (Å²) in [7, 11) is 0. The monoisotopic (exact) mass is 381 g/mol. The molecule has 24 heavy (non-hydrogen) atoms. The number of rotatable bonds is 5. The first kappa shape index (κ1) is 17.1. The Balaban J connectivity index is 1.69. The molecule has 0 spiro atoms. The fourth-order valence-corrected chi connectivity index (χ4v) is 4.33. The molecule has 0 atom stereocenters. The molecular weight excluding hydrogens is 366 g/mol. The minimum Gasteiger partial charge on any atom is -0.300 e. The van der Waals surface area contributed by atoms with Crippen LogP contribution in [0, 0.1) is 12.8 Å². The molecule has 0 unspecified atom stereocenters. The van der Waals surface area contributed by atoms with E-state index in [0.717, 1.165) is 9.22 Å². The average molecular weight is 382 g/mol. The third-order valence-corrected chi connectivity index (χ3v) is 5.94. The van der Waals surface area contributed by atoms with Crippen LogP contribution in [0.5, 0.6) is 0 Å². The van der Waals surface area contributed by atoms with Gasteiger partial charge in [-0.25, -0.2) is 4.98 Å². The van der Waals surface area contributed by atoms with Gasteiger partial charge < -0.3 is 5.32 Å². The number of hydrogen-bond donors (Lipinski definition) is 1. The second-order valence-corrected chi connectivity index (χ2v) is 8.80. The second-order valence-electron chi connectivity index (χ2n) is 5.39.